The van der Waals surface area contributed by atoms with Crippen molar-refractivity contribution in [1.82, 2.24) is 0 Å². The molecule has 2 nitrogen and oxygen atoms in total. The molecule has 82 valence electrons. The summed E-state index contributed by atoms with van der Waals surface area (Å²) in [5.74, 6) is 0. The smallest absolute Gasteiger partial charge is 0.158 e. The van der Waals surface area contributed by atoms with Gasteiger partial charge in [0.25, 0.3) is 0 Å². The van der Waals surface area contributed by atoms with Crippen LogP contribution >= 0.6 is 11.6 Å². The first kappa shape index (κ1) is 10.9. The molecule has 1 aromatic carbocycles. The number of benzene rings is 1. The molecule has 1 aliphatic rings. The summed E-state index contributed by atoms with van der Waals surface area (Å²) < 4.78 is 11.1. The average molecular weight is 227 g/mol. The van der Waals surface area contributed by atoms with E-state index in [1.54, 1.807) is 0 Å². The lowest BCUT2D eigenvalue weighted by atomic mass is 10.2. The van der Waals surface area contributed by atoms with Crippen LogP contribution in [0.1, 0.15) is 24.8 Å². The standard InChI is InChI=1S/C12H15ClO2/c13-11-6-4-10(5-7-11)9-15-12-3-1-2-8-14-12/h4-7,12H,1-3,8-9H2/t12-/m0/s1. The molecule has 0 saturated carbocycles. The second-order valence-corrected chi connectivity index (χ2v) is 4.17. The topological polar surface area (TPSA) is 18.5 Å². The molecule has 0 radical (unpaired) electrons. The van der Waals surface area contributed by atoms with Crippen LogP contribution in [-0.2, 0) is 16.1 Å². The first-order chi connectivity index (χ1) is 7.34. The van der Waals surface area contributed by atoms with E-state index in [-0.39, 0.29) is 6.29 Å². The Kier molecular flexibility index (Phi) is 4.01. The van der Waals surface area contributed by atoms with Gasteiger partial charge in [-0.05, 0) is 37.0 Å². The fourth-order valence-corrected chi connectivity index (χ4v) is 1.74. The van der Waals surface area contributed by atoms with E-state index in [0.29, 0.717) is 6.61 Å². The van der Waals surface area contributed by atoms with Crippen LogP contribution in [0, 0.1) is 0 Å². The van der Waals surface area contributed by atoms with Crippen molar-refractivity contribution in [2.24, 2.45) is 0 Å². The minimum atomic E-state index is -0.0190. The molecule has 1 aliphatic heterocycles. The molecule has 0 aromatic heterocycles. The van der Waals surface area contributed by atoms with Gasteiger partial charge in [0.15, 0.2) is 6.29 Å². The fourth-order valence-electron chi connectivity index (χ4n) is 1.61. The molecule has 3 heteroatoms. The van der Waals surface area contributed by atoms with E-state index < -0.39 is 0 Å². The number of rotatable bonds is 3. The van der Waals surface area contributed by atoms with E-state index >= 15 is 0 Å². The Morgan fingerprint density at radius 2 is 2.07 bits per heavy atom. The van der Waals surface area contributed by atoms with E-state index in [1.165, 1.54) is 6.42 Å². The molecule has 0 amide bonds. The van der Waals surface area contributed by atoms with Crippen LogP contribution in [0.15, 0.2) is 24.3 Å². The number of hydrogen-bond acceptors (Lipinski definition) is 2. The van der Waals surface area contributed by atoms with Crippen LogP contribution < -0.4 is 0 Å². The van der Waals surface area contributed by atoms with Gasteiger partial charge in [-0.15, -0.1) is 0 Å². The summed E-state index contributed by atoms with van der Waals surface area (Å²) in [6.45, 7) is 1.42. The maximum atomic E-state index is 5.80. The number of halogens is 1. The van der Waals surface area contributed by atoms with Gasteiger partial charge in [0.2, 0.25) is 0 Å². The van der Waals surface area contributed by atoms with Gasteiger partial charge in [0, 0.05) is 11.6 Å². The van der Waals surface area contributed by atoms with Crippen molar-refractivity contribution >= 4 is 11.6 Å². The minimum absolute atomic E-state index is 0.0190. The molecule has 0 spiro atoms. The van der Waals surface area contributed by atoms with Crippen LogP contribution in [0.5, 0.6) is 0 Å². The quantitative estimate of drug-likeness (QED) is 0.787. The van der Waals surface area contributed by atoms with Gasteiger partial charge in [-0.3, -0.25) is 0 Å². The molecule has 1 saturated heterocycles. The predicted octanol–water partition coefficient (Wildman–Crippen LogP) is 3.38. The van der Waals surface area contributed by atoms with Gasteiger partial charge < -0.3 is 9.47 Å². The SMILES string of the molecule is Clc1ccc(CO[C@H]2CCCCO2)cc1. The van der Waals surface area contributed by atoms with Gasteiger partial charge in [-0.25, -0.2) is 0 Å². The first-order valence-corrected chi connectivity index (χ1v) is 5.70. The molecule has 0 aliphatic carbocycles. The van der Waals surface area contributed by atoms with Gasteiger partial charge in [-0.2, -0.15) is 0 Å². The molecule has 15 heavy (non-hydrogen) atoms. The zero-order valence-corrected chi connectivity index (χ0v) is 9.37. The minimum Gasteiger partial charge on any atom is -0.353 e. The van der Waals surface area contributed by atoms with E-state index in [0.717, 1.165) is 30.0 Å². The van der Waals surface area contributed by atoms with E-state index in [1.807, 2.05) is 24.3 Å². The van der Waals surface area contributed by atoms with Crippen molar-refractivity contribution in [1.29, 1.82) is 0 Å². The third-order valence-corrected chi connectivity index (χ3v) is 2.74. The first-order valence-electron chi connectivity index (χ1n) is 5.32. The highest BCUT2D eigenvalue weighted by molar-refractivity contribution is 6.30. The Labute approximate surface area is 95.1 Å². The van der Waals surface area contributed by atoms with Gasteiger partial charge in [0.1, 0.15) is 0 Å². The second-order valence-electron chi connectivity index (χ2n) is 3.73. The maximum absolute atomic E-state index is 5.80. The third kappa shape index (κ3) is 3.49. The largest absolute Gasteiger partial charge is 0.353 e. The Hall–Kier alpha value is -0.570. The number of hydrogen-bond donors (Lipinski definition) is 0. The summed E-state index contributed by atoms with van der Waals surface area (Å²) in [5, 5.41) is 0.757. The van der Waals surface area contributed by atoms with Crippen LogP contribution in [0.25, 0.3) is 0 Å². The molecule has 1 fully saturated rings. The highest BCUT2D eigenvalue weighted by Gasteiger charge is 2.13. The van der Waals surface area contributed by atoms with Crippen molar-refractivity contribution in [2.75, 3.05) is 6.61 Å². The van der Waals surface area contributed by atoms with E-state index in [2.05, 4.69) is 0 Å². The molecule has 1 atom stereocenters. The molecule has 0 bridgehead atoms. The van der Waals surface area contributed by atoms with E-state index in [9.17, 15) is 0 Å². The Morgan fingerprint density at radius 1 is 1.27 bits per heavy atom. The summed E-state index contributed by atoms with van der Waals surface area (Å²) in [7, 11) is 0. The lowest BCUT2D eigenvalue weighted by molar-refractivity contribution is -0.168. The highest BCUT2D eigenvalue weighted by atomic mass is 35.5. The highest BCUT2D eigenvalue weighted by Crippen LogP contribution is 2.16. The van der Waals surface area contributed by atoms with Crippen LogP contribution in [0.4, 0.5) is 0 Å². The molecule has 1 heterocycles. The second kappa shape index (κ2) is 5.50. The monoisotopic (exact) mass is 226 g/mol. The molecular weight excluding hydrogens is 212 g/mol. The van der Waals surface area contributed by atoms with Crippen molar-refractivity contribution < 1.29 is 9.47 Å². The molecule has 2 rings (SSSR count). The molecular formula is C12H15ClO2. The summed E-state index contributed by atoms with van der Waals surface area (Å²) >= 11 is 5.80. The fraction of sp³-hybridized carbons (Fsp3) is 0.500. The van der Waals surface area contributed by atoms with Gasteiger partial charge in [-0.1, -0.05) is 23.7 Å². The summed E-state index contributed by atoms with van der Waals surface area (Å²) in [6, 6.07) is 7.71. The predicted molar refractivity (Wildman–Crippen MR) is 59.8 cm³/mol. The average Bonchev–Trinajstić information content (AvgIpc) is 2.30. The lowest BCUT2D eigenvalue weighted by Crippen LogP contribution is -2.21. The van der Waals surface area contributed by atoms with Crippen LogP contribution in [-0.4, -0.2) is 12.9 Å². The summed E-state index contributed by atoms with van der Waals surface area (Å²) in [4.78, 5) is 0. The zero-order chi connectivity index (χ0) is 10.5. The Balaban J connectivity index is 1.79. The van der Waals surface area contributed by atoms with Crippen molar-refractivity contribution in [3.05, 3.63) is 34.9 Å². The molecule has 0 unspecified atom stereocenters. The van der Waals surface area contributed by atoms with Crippen molar-refractivity contribution in [3.63, 3.8) is 0 Å². The normalized spacial score (nSPS) is 21.5. The molecule has 0 N–H and O–H groups in total. The van der Waals surface area contributed by atoms with Gasteiger partial charge >= 0.3 is 0 Å². The van der Waals surface area contributed by atoms with Crippen molar-refractivity contribution in [3.8, 4) is 0 Å². The zero-order valence-electron chi connectivity index (χ0n) is 8.62. The third-order valence-electron chi connectivity index (χ3n) is 2.49. The van der Waals surface area contributed by atoms with Crippen molar-refractivity contribution in [2.45, 2.75) is 32.2 Å². The van der Waals surface area contributed by atoms with Crippen LogP contribution in [0.2, 0.25) is 5.02 Å². The maximum Gasteiger partial charge on any atom is 0.158 e. The Bertz CT molecular complexity index is 291. The Morgan fingerprint density at radius 3 is 2.73 bits per heavy atom. The summed E-state index contributed by atoms with van der Waals surface area (Å²) in [6.07, 6.45) is 3.34. The van der Waals surface area contributed by atoms with Gasteiger partial charge in [0.05, 0.1) is 6.61 Å². The van der Waals surface area contributed by atoms with E-state index in [4.69, 9.17) is 21.1 Å². The lowest BCUT2D eigenvalue weighted by Gasteiger charge is -2.22. The van der Waals surface area contributed by atoms with Crippen LogP contribution in [0.3, 0.4) is 0 Å². The number of ether oxygens (including phenoxy) is 2. The summed E-state index contributed by atoms with van der Waals surface area (Å²) in [5.41, 5.74) is 1.13. The molecule has 1 aromatic rings.